The Morgan fingerprint density at radius 2 is 1.96 bits per heavy atom. The lowest BCUT2D eigenvalue weighted by Gasteiger charge is -2.08. The minimum absolute atomic E-state index is 0.139. The normalized spacial score (nSPS) is 11.3. The third kappa shape index (κ3) is 4.42. The summed E-state index contributed by atoms with van der Waals surface area (Å²) in [6.45, 7) is 1.68. The van der Waals surface area contributed by atoms with Crippen LogP contribution in [-0.2, 0) is 12.6 Å². The number of nitrogens with one attached hydrogen (secondary N) is 1. The molecule has 28 heavy (non-hydrogen) atoms. The molecule has 0 unspecified atom stereocenters. The number of pyridine rings is 1. The summed E-state index contributed by atoms with van der Waals surface area (Å²) >= 11 is 1.09. The number of ether oxygens (including phenoxy) is 1. The van der Waals surface area contributed by atoms with Crippen molar-refractivity contribution in [2.45, 2.75) is 19.5 Å². The Balaban J connectivity index is 1.78. The highest BCUT2D eigenvalue weighted by molar-refractivity contribution is 7.06. The lowest BCUT2D eigenvalue weighted by Crippen LogP contribution is -2.15. The van der Waals surface area contributed by atoms with Gasteiger partial charge in [0.15, 0.2) is 5.69 Å². The number of nitrogens with zero attached hydrogens (tertiary/aromatic N) is 4. The van der Waals surface area contributed by atoms with Crippen molar-refractivity contribution in [2.75, 3.05) is 12.4 Å². The van der Waals surface area contributed by atoms with Gasteiger partial charge in [-0.15, -0.1) is 0 Å². The molecule has 0 aliphatic carbocycles. The van der Waals surface area contributed by atoms with E-state index in [1.54, 1.807) is 19.1 Å². The van der Waals surface area contributed by atoms with Crippen LogP contribution in [0.2, 0.25) is 0 Å². The Morgan fingerprint density at radius 3 is 2.54 bits per heavy atom. The van der Waals surface area contributed by atoms with Crippen LogP contribution in [0.3, 0.4) is 0 Å². The number of aryl methyl sites for hydroxylation is 1. The molecule has 0 aliphatic heterocycles. The standard InChI is InChI=1S/C17H14F3N5O2S/c1-9-15(16(26)24-10-3-4-14(27-2)23-6-10)12(28-25-9)5-11-7-22-13(8-21-11)17(18,19)20/h3-4,6-8H,5H2,1-2H3,(H,24,26). The number of alkyl halides is 3. The molecule has 3 heterocycles. The van der Waals surface area contributed by atoms with Crippen LogP contribution >= 0.6 is 11.5 Å². The van der Waals surface area contributed by atoms with Gasteiger partial charge in [-0.2, -0.15) is 17.5 Å². The largest absolute Gasteiger partial charge is 0.481 e. The van der Waals surface area contributed by atoms with Gasteiger partial charge in [0.2, 0.25) is 5.88 Å². The van der Waals surface area contributed by atoms with Gasteiger partial charge in [0.05, 0.1) is 42.1 Å². The van der Waals surface area contributed by atoms with Gasteiger partial charge in [0, 0.05) is 23.6 Å². The molecule has 0 saturated carbocycles. The Morgan fingerprint density at radius 1 is 1.18 bits per heavy atom. The van der Waals surface area contributed by atoms with Crippen molar-refractivity contribution < 1.29 is 22.7 Å². The summed E-state index contributed by atoms with van der Waals surface area (Å²) in [5, 5.41) is 2.72. The first-order chi connectivity index (χ1) is 13.3. The van der Waals surface area contributed by atoms with Crippen molar-refractivity contribution in [2.24, 2.45) is 0 Å². The van der Waals surface area contributed by atoms with Crippen molar-refractivity contribution in [3.8, 4) is 5.88 Å². The third-order valence-corrected chi connectivity index (χ3v) is 4.64. The van der Waals surface area contributed by atoms with Crippen LogP contribution in [0.5, 0.6) is 5.88 Å². The molecule has 7 nitrogen and oxygen atoms in total. The topological polar surface area (TPSA) is 89.9 Å². The van der Waals surface area contributed by atoms with E-state index >= 15 is 0 Å². The predicted octanol–water partition coefficient (Wildman–Crippen LogP) is 3.51. The highest BCUT2D eigenvalue weighted by Crippen LogP contribution is 2.27. The molecule has 3 aromatic rings. The van der Waals surface area contributed by atoms with Crippen LogP contribution in [0.4, 0.5) is 18.9 Å². The second kappa shape index (κ2) is 7.89. The average molecular weight is 409 g/mol. The SMILES string of the molecule is COc1ccc(NC(=O)c2c(C)nsc2Cc2cnc(C(F)(F)F)cn2)cn1. The molecule has 3 rings (SSSR count). The lowest BCUT2D eigenvalue weighted by atomic mass is 10.1. The molecule has 0 saturated heterocycles. The molecule has 3 aromatic heterocycles. The van der Waals surface area contributed by atoms with Gasteiger partial charge < -0.3 is 10.1 Å². The maximum Gasteiger partial charge on any atom is 0.434 e. The Bertz CT molecular complexity index is 972. The fourth-order valence-electron chi connectivity index (χ4n) is 2.35. The molecule has 0 spiro atoms. The van der Waals surface area contributed by atoms with Gasteiger partial charge in [-0.25, -0.2) is 9.97 Å². The number of hydrogen-bond acceptors (Lipinski definition) is 7. The number of amides is 1. The minimum Gasteiger partial charge on any atom is -0.481 e. The van der Waals surface area contributed by atoms with Crippen LogP contribution in [0, 0.1) is 6.92 Å². The number of rotatable bonds is 5. The molecule has 11 heteroatoms. The molecule has 0 radical (unpaired) electrons. The van der Waals surface area contributed by atoms with E-state index < -0.39 is 17.8 Å². The van der Waals surface area contributed by atoms with E-state index in [2.05, 4.69) is 24.6 Å². The van der Waals surface area contributed by atoms with Gasteiger partial charge in [0.1, 0.15) is 0 Å². The monoisotopic (exact) mass is 409 g/mol. The maximum absolute atomic E-state index is 12.7. The summed E-state index contributed by atoms with van der Waals surface area (Å²) in [5.41, 5.74) is 0.566. The van der Waals surface area contributed by atoms with Crippen LogP contribution in [0.25, 0.3) is 0 Å². The molecule has 0 aliphatic rings. The van der Waals surface area contributed by atoms with Crippen LogP contribution in [0.15, 0.2) is 30.7 Å². The van der Waals surface area contributed by atoms with Crippen molar-refractivity contribution >= 4 is 23.1 Å². The maximum atomic E-state index is 12.7. The molecule has 0 aromatic carbocycles. The first-order valence-electron chi connectivity index (χ1n) is 7.92. The molecular weight excluding hydrogens is 395 g/mol. The fourth-order valence-corrected chi connectivity index (χ4v) is 3.24. The van der Waals surface area contributed by atoms with Gasteiger partial charge in [-0.1, -0.05) is 0 Å². The second-order valence-corrected chi connectivity index (χ2v) is 6.53. The molecule has 0 fully saturated rings. The minimum atomic E-state index is -4.55. The lowest BCUT2D eigenvalue weighted by molar-refractivity contribution is -0.141. The second-order valence-electron chi connectivity index (χ2n) is 5.68. The smallest absolute Gasteiger partial charge is 0.434 e. The molecule has 0 bridgehead atoms. The molecular formula is C17H14F3N5O2S. The van der Waals surface area contributed by atoms with Gasteiger partial charge in [0.25, 0.3) is 5.91 Å². The number of hydrogen-bond donors (Lipinski definition) is 1. The van der Waals surface area contributed by atoms with E-state index in [-0.39, 0.29) is 6.42 Å². The number of carbonyl (C=O) groups is 1. The average Bonchev–Trinajstić information content (AvgIpc) is 3.02. The van der Waals surface area contributed by atoms with E-state index in [0.29, 0.717) is 39.6 Å². The number of methoxy groups -OCH3 is 1. The number of carbonyl (C=O) groups excluding carboxylic acids is 1. The van der Waals surface area contributed by atoms with Gasteiger partial charge >= 0.3 is 6.18 Å². The van der Waals surface area contributed by atoms with Crippen LogP contribution in [0.1, 0.15) is 32.3 Å². The number of anilines is 1. The van der Waals surface area contributed by atoms with E-state index in [9.17, 15) is 18.0 Å². The van der Waals surface area contributed by atoms with E-state index in [0.717, 1.165) is 17.7 Å². The zero-order valence-electron chi connectivity index (χ0n) is 14.7. The Labute approximate surface area is 161 Å². The van der Waals surface area contributed by atoms with Crippen molar-refractivity contribution in [1.82, 2.24) is 19.3 Å². The van der Waals surface area contributed by atoms with E-state index in [1.807, 2.05) is 0 Å². The van der Waals surface area contributed by atoms with E-state index in [4.69, 9.17) is 4.74 Å². The summed E-state index contributed by atoms with van der Waals surface area (Å²) in [5.74, 6) is 0.0148. The highest BCUT2D eigenvalue weighted by Gasteiger charge is 2.32. The van der Waals surface area contributed by atoms with Crippen molar-refractivity contribution in [1.29, 1.82) is 0 Å². The fraction of sp³-hybridized carbons (Fsp3) is 0.235. The zero-order valence-corrected chi connectivity index (χ0v) is 15.6. The summed E-state index contributed by atoms with van der Waals surface area (Å²) in [7, 11) is 1.48. The first-order valence-corrected chi connectivity index (χ1v) is 8.70. The van der Waals surface area contributed by atoms with Gasteiger partial charge in [-0.05, 0) is 24.5 Å². The zero-order chi connectivity index (χ0) is 20.3. The molecule has 1 N–H and O–H groups in total. The van der Waals surface area contributed by atoms with Crippen LogP contribution < -0.4 is 10.1 Å². The molecule has 1 amide bonds. The summed E-state index contributed by atoms with van der Waals surface area (Å²) < 4.78 is 46.9. The van der Waals surface area contributed by atoms with Crippen molar-refractivity contribution in [3.63, 3.8) is 0 Å². The molecule has 0 atom stereocenters. The third-order valence-electron chi connectivity index (χ3n) is 3.70. The Hall–Kier alpha value is -3.08. The van der Waals surface area contributed by atoms with Gasteiger partial charge in [-0.3, -0.25) is 9.78 Å². The quantitative estimate of drug-likeness (QED) is 0.694. The van der Waals surface area contributed by atoms with Crippen LogP contribution in [-0.4, -0.2) is 32.3 Å². The predicted molar refractivity (Wildman–Crippen MR) is 95.4 cm³/mol. The summed E-state index contributed by atoms with van der Waals surface area (Å²) in [6.07, 6.45) is -1.24. The molecule has 146 valence electrons. The van der Waals surface area contributed by atoms with E-state index in [1.165, 1.54) is 13.3 Å². The van der Waals surface area contributed by atoms with Crippen molar-refractivity contribution in [3.05, 3.63) is 58.2 Å². The first kappa shape index (κ1) is 19.7. The summed E-state index contributed by atoms with van der Waals surface area (Å²) in [6, 6.07) is 3.24. The summed E-state index contributed by atoms with van der Waals surface area (Å²) in [4.78, 5) is 24.4. The Kier molecular flexibility index (Phi) is 5.54. The number of halogens is 3. The number of aromatic nitrogens is 4. The highest BCUT2D eigenvalue weighted by atomic mass is 32.1.